The summed E-state index contributed by atoms with van der Waals surface area (Å²) in [4.78, 5) is 24.5. The van der Waals surface area contributed by atoms with E-state index in [4.69, 9.17) is 9.47 Å². The second kappa shape index (κ2) is 8.95. The molecule has 1 saturated heterocycles. The number of nitrogens with zero attached hydrogens (tertiary/aromatic N) is 4. The summed E-state index contributed by atoms with van der Waals surface area (Å²) in [5.41, 5.74) is 3.25. The van der Waals surface area contributed by atoms with Crippen molar-refractivity contribution in [1.29, 1.82) is 0 Å². The summed E-state index contributed by atoms with van der Waals surface area (Å²) in [6.07, 6.45) is 3.54. The molecule has 7 nitrogen and oxygen atoms in total. The van der Waals surface area contributed by atoms with Crippen LogP contribution in [-0.4, -0.2) is 54.9 Å². The molecule has 30 heavy (non-hydrogen) atoms. The molecule has 0 saturated carbocycles. The minimum atomic E-state index is -0.483. The fraction of sp³-hybridized carbons (Fsp3) is 0.500. The zero-order valence-electron chi connectivity index (χ0n) is 17.4. The first-order chi connectivity index (χ1) is 14.6. The molecule has 1 fully saturated rings. The van der Waals surface area contributed by atoms with Crippen molar-refractivity contribution in [3.05, 3.63) is 47.2 Å². The van der Waals surface area contributed by atoms with Gasteiger partial charge in [0.1, 0.15) is 11.5 Å². The maximum absolute atomic E-state index is 14.4. The Labute approximate surface area is 175 Å². The second-order valence-electron chi connectivity index (χ2n) is 7.58. The Hall–Kier alpha value is -2.74. The summed E-state index contributed by atoms with van der Waals surface area (Å²) < 4.78 is 25.1. The molecule has 4 rings (SSSR count). The highest BCUT2D eigenvalue weighted by atomic mass is 19.1. The normalized spacial score (nSPS) is 18.8. The van der Waals surface area contributed by atoms with Crippen molar-refractivity contribution in [2.24, 2.45) is 0 Å². The number of pyridine rings is 2. The molecule has 2 aromatic heterocycles. The number of esters is 1. The smallest absolute Gasteiger partial charge is 0.356 e. The Balaban J connectivity index is 1.53. The fourth-order valence-corrected chi connectivity index (χ4v) is 3.97. The van der Waals surface area contributed by atoms with E-state index in [1.807, 2.05) is 12.1 Å². The molecule has 0 aliphatic carbocycles. The van der Waals surface area contributed by atoms with E-state index in [1.54, 1.807) is 13.1 Å². The van der Waals surface area contributed by atoms with Gasteiger partial charge in [-0.15, -0.1) is 0 Å². The van der Waals surface area contributed by atoms with Crippen molar-refractivity contribution in [2.75, 3.05) is 42.6 Å². The van der Waals surface area contributed by atoms with Crippen molar-refractivity contribution < 1.29 is 18.7 Å². The highest BCUT2D eigenvalue weighted by Crippen LogP contribution is 2.28. The van der Waals surface area contributed by atoms with Crippen LogP contribution in [0.25, 0.3) is 0 Å². The number of rotatable bonds is 5. The van der Waals surface area contributed by atoms with E-state index in [2.05, 4.69) is 26.7 Å². The van der Waals surface area contributed by atoms with Gasteiger partial charge in [-0.3, -0.25) is 0 Å². The number of ether oxygens (including phenoxy) is 2. The monoisotopic (exact) mass is 414 g/mol. The zero-order chi connectivity index (χ0) is 21.1. The van der Waals surface area contributed by atoms with E-state index < -0.39 is 11.9 Å². The van der Waals surface area contributed by atoms with Gasteiger partial charge in [0.2, 0.25) is 5.95 Å². The molecular weight excluding hydrogens is 387 g/mol. The molecule has 2 aliphatic heterocycles. The number of fused-ring (bicyclic) bond motifs is 1. The van der Waals surface area contributed by atoms with Crippen molar-refractivity contribution >= 4 is 17.5 Å². The predicted octanol–water partition coefficient (Wildman–Crippen LogP) is 2.97. The van der Waals surface area contributed by atoms with Gasteiger partial charge in [-0.1, -0.05) is 6.92 Å². The Morgan fingerprint density at radius 3 is 2.90 bits per heavy atom. The van der Waals surface area contributed by atoms with Crippen molar-refractivity contribution in [3.8, 4) is 0 Å². The lowest BCUT2D eigenvalue weighted by Crippen LogP contribution is -2.42. The molecule has 0 bridgehead atoms. The average Bonchev–Trinajstić information content (AvgIpc) is 2.78. The first-order valence-electron chi connectivity index (χ1n) is 10.5. The third-order valence-electron chi connectivity index (χ3n) is 5.63. The van der Waals surface area contributed by atoms with Gasteiger partial charge in [0.25, 0.3) is 0 Å². The zero-order valence-corrected chi connectivity index (χ0v) is 17.4. The quantitative estimate of drug-likeness (QED) is 0.550. The molecule has 0 aromatic carbocycles. The van der Waals surface area contributed by atoms with E-state index in [1.165, 1.54) is 6.07 Å². The van der Waals surface area contributed by atoms with E-state index in [-0.39, 0.29) is 6.10 Å². The maximum atomic E-state index is 14.4. The van der Waals surface area contributed by atoms with Gasteiger partial charge < -0.3 is 19.3 Å². The average molecular weight is 414 g/mol. The first kappa shape index (κ1) is 20.5. The number of aromatic nitrogens is 2. The summed E-state index contributed by atoms with van der Waals surface area (Å²) in [5.74, 6) is -0.239. The summed E-state index contributed by atoms with van der Waals surface area (Å²) in [7, 11) is 0. The van der Waals surface area contributed by atoms with Gasteiger partial charge in [-0.2, -0.15) is 4.39 Å². The first-order valence-corrected chi connectivity index (χ1v) is 10.5. The number of carbonyl (C=O) groups is 1. The number of morpholine rings is 1. The van der Waals surface area contributed by atoms with Crippen molar-refractivity contribution in [1.82, 2.24) is 9.97 Å². The molecule has 4 heterocycles. The topological polar surface area (TPSA) is 67.8 Å². The van der Waals surface area contributed by atoms with Crippen molar-refractivity contribution in [3.63, 3.8) is 0 Å². The molecule has 0 radical (unpaired) electrons. The SMILES string of the molecule is CCOC(=O)c1cc2c(cn1)CN(c1cc(F)nc(N3CCOC(CC)C3)c1)CC2. The van der Waals surface area contributed by atoms with Crippen LogP contribution in [-0.2, 0) is 22.4 Å². The molecule has 0 amide bonds. The number of hydrogen-bond acceptors (Lipinski definition) is 7. The minimum Gasteiger partial charge on any atom is -0.461 e. The number of halogens is 1. The Bertz CT molecular complexity index is 923. The molecule has 160 valence electrons. The van der Waals surface area contributed by atoms with Crippen LogP contribution in [0, 0.1) is 5.95 Å². The highest BCUT2D eigenvalue weighted by molar-refractivity contribution is 5.87. The van der Waals surface area contributed by atoms with Gasteiger partial charge in [0, 0.05) is 50.2 Å². The number of carbonyl (C=O) groups excluding carboxylic acids is 1. The third-order valence-corrected chi connectivity index (χ3v) is 5.63. The predicted molar refractivity (Wildman–Crippen MR) is 111 cm³/mol. The van der Waals surface area contributed by atoms with Crippen LogP contribution in [0.1, 0.15) is 41.9 Å². The molecule has 1 unspecified atom stereocenters. The van der Waals surface area contributed by atoms with E-state index in [9.17, 15) is 9.18 Å². The fourth-order valence-electron chi connectivity index (χ4n) is 3.97. The summed E-state index contributed by atoms with van der Waals surface area (Å²) >= 11 is 0. The van der Waals surface area contributed by atoms with Gasteiger partial charge in [0.05, 0.1) is 19.3 Å². The molecule has 2 aromatic rings. The summed E-state index contributed by atoms with van der Waals surface area (Å²) in [6.45, 7) is 7.56. The highest BCUT2D eigenvalue weighted by Gasteiger charge is 2.24. The lowest BCUT2D eigenvalue weighted by atomic mass is 10.0. The second-order valence-corrected chi connectivity index (χ2v) is 7.58. The molecule has 0 spiro atoms. The van der Waals surface area contributed by atoms with E-state index in [0.717, 1.165) is 42.7 Å². The lowest BCUT2D eigenvalue weighted by Gasteiger charge is -2.35. The van der Waals surface area contributed by atoms with E-state index in [0.29, 0.717) is 37.8 Å². The van der Waals surface area contributed by atoms with Gasteiger partial charge in [-0.25, -0.2) is 14.8 Å². The van der Waals surface area contributed by atoms with Crippen LogP contribution in [0.3, 0.4) is 0 Å². The van der Waals surface area contributed by atoms with Gasteiger partial charge in [0.15, 0.2) is 0 Å². The Morgan fingerprint density at radius 1 is 1.23 bits per heavy atom. The molecule has 0 N–H and O–H groups in total. The van der Waals surface area contributed by atoms with Crippen molar-refractivity contribution in [2.45, 2.75) is 39.3 Å². The lowest BCUT2D eigenvalue weighted by molar-refractivity contribution is 0.0381. The third kappa shape index (κ3) is 4.38. The van der Waals surface area contributed by atoms with Crippen LogP contribution in [0.5, 0.6) is 0 Å². The minimum absolute atomic E-state index is 0.147. The Kier molecular flexibility index (Phi) is 6.13. The van der Waals surface area contributed by atoms with Gasteiger partial charge in [-0.05, 0) is 37.0 Å². The maximum Gasteiger partial charge on any atom is 0.356 e. The molecule has 8 heteroatoms. The van der Waals surface area contributed by atoms with Crippen LogP contribution >= 0.6 is 0 Å². The summed E-state index contributed by atoms with van der Waals surface area (Å²) in [5, 5.41) is 0. The van der Waals surface area contributed by atoms with Crippen LogP contribution in [0.15, 0.2) is 24.4 Å². The summed E-state index contributed by atoms with van der Waals surface area (Å²) in [6, 6.07) is 5.24. The van der Waals surface area contributed by atoms with Gasteiger partial charge >= 0.3 is 5.97 Å². The molecule has 1 atom stereocenters. The van der Waals surface area contributed by atoms with Crippen LogP contribution in [0.2, 0.25) is 0 Å². The molecule has 2 aliphatic rings. The van der Waals surface area contributed by atoms with Crippen LogP contribution in [0.4, 0.5) is 15.9 Å². The molecular formula is C22H27FN4O3. The van der Waals surface area contributed by atoms with E-state index >= 15 is 0 Å². The Morgan fingerprint density at radius 2 is 2.10 bits per heavy atom. The standard InChI is InChI=1S/C22H27FN4O3/c1-3-18-14-27(7-8-30-18)21-11-17(10-20(23)25-21)26-6-5-15-9-19(22(28)29-4-2)24-12-16(15)13-26/h9-12,18H,3-8,13-14H2,1-2H3. The number of hydrogen-bond donors (Lipinski definition) is 0. The van der Waals surface area contributed by atoms with Crippen LogP contribution < -0.4 is 9.80 Å². The largest absolute Gasteiger partial charge is 0.461 e. The number of anilines is 2.